The van der Waals surface area contributed by atoms with Gasteiger partial charge in [-0.1, -0.05) is 0 Å². The summed E-state index contributed by atoms with van der Waals surface area (Å²) in [5, 5.41) is 11.6. The molecule has 0 atom stereocenters. The highest BCUT2D eigenvalue weighted by atomic mass is 32.2. The van der Waals surface area contributed by atoms with Gasteiger partial charge in [-0.2, -0.15) is 5.10 Å². The van der Waals surface area contributed by atoms with E-state index in [2.05, 4.69) is 10.4 Å². The molecular formula is C12H14N4O3S. The second kappa shape index (κ2) is 5.85. The van der Waals surface area contributed by atoms with Crippen molar-refractivity contribution in [3.63, 3.8) is 0 Å². The molecule has 2 rings (SSSR count). The number of anilines is 1. The molecule has 0 spiro atoms. The van der Waals surface area contributed by atoms with Gasteiger partial charge in [-0.05, 0) is 30.3 Å². The van der Waals surface area contributed by atoms with E-state index in [0.717, 1.165) is 0 Å². The molecule has 0 aliphatic heterocycles. The quantitative estimate of drug-likeness (QED) is 0.840. The maximum absolute atomic E-state index is 11.7. The molecular weight excluding hydrogens is 280 g/mol. The molecule has 0 saturated heterocycles. The Kier molecular flexibility index (Phi) is 4.16. The predicted molar refractivity (Wildman–Crippen MR) is 73.3 cm³/mol. The molecule has 1 aromatic carbocycles. The van der Waals surface area contributed by atoms with Gasteiger partial charge in [-0.15, -0.1) is 0 Å². The summed E-state index contributed by atoms with van der Waals surface area (Å²) in [7, 11) is -3.71. The normalized spacial score (nSPS) is 11.2. The first kappa shape index (κ1) is 14.2. The van der Waals surface area contributed by atoms with E-state index in [0.29, 0.717) is 12.2 Å². The standard InChI is InChI=1S/C12H14N4O3S/c13-20(18,19)11-4-2-10(3-5-11)15-12(17)6-9-16-8-1-7-14-16/h1-5,7-8H,6,9H2,(H,15,17)(H2,13,18,19). The molecule has 0 aliphatic rings. The number of amides is 1. The van der Waals surface area contributed by atoms with Crippen molar-refractivity contribution in [3.8, 4) is 0 Å². The number of nitrogens with one attached hydrogen (secondary N) is 1. The zero-order chi connectivity index (χ0) is 14.6. The van der Waals surface area contributed by atoms with Gasteiger partial charge in [0.2, 0.25) is 15.9 Å². The van der Waals surface area contributed by atoms with Crippen molar-refractivity contribution < 1.29 is 13.2 Å². The first-order chi connectivity index (χ1) is 9.45. The summed E-state index contributed by atoms with van der Waals surface area (Å²) in [5.74, 6) is -0.177. The Labute approximate surface area is 116 Å². The van der Waals surface area contributed by atoms with Crippen molar-refractivity contribution in [1.29, 1.82) is 0 Å². The van der Waals surface area contributed by atoms with Crippen molar-refractivity contribution in [2.75, 3.05) is 5.32 Å². The number of carbonyl (C=O) groups excluding carboxylic acids is 1. The Morgan fingerprint density at radius 1 is 1.30 bits per heavy atom. The number of aryl methyl sites for hydroxylation is 1. The van der Waals surface area contributed by atoms with E-state index in [-0.39, 0.29) is 17.2 Å². The molecule has 3 N–H and O–H groups in total. The lowest BCUT2D eigenvalue weighted by atomic mass is 10.3. The van der Waals surface area contributed by atoms with E-state index in [9.17, 15) is 13.2 Å². The zero-order valence-corrected chi connectivity index (χ0v) is 11.4. The van der Waals surface area contributed by atoms with Crippen LogP contribution in [0.15, 0.2) is 47.6 Å². The SMILES string of the molecule is NS(=O)(=O)c1ccc(NC(=O)CCn2cccn2)cc1. The fourth-order valence-electron chi connectivity index (χ4n) is 1.60. The highest BCUT2D eigenvalue weighted by molar-refractivity contribution is 7.89. The summed E-state index contributed by atoms with van der Waals surface area (Å²) in [4.78, 5) is 11.7. The maximum Gasteiger partial charge on any atom is 0.238 e. The highest BCUT2D eigenvalue weighted by Crippen LogP contribution is 2.12. The van der Waals surface area contributed by atoms with Crippen LogP contribution in [-0.4, -0.2) is 24.1 Å². The van der Waals surface area contributed by atoms with Crippen molar-refractivity contribution in [2.24, 2.45) is 5.14 Å². The molecule has 2 aromatic rings. The average Bonchev–Trinajstić information content (AvgIpc) is 2.89. The first-order valence-electron chi connectivity index (χ1n) is 5.85. The highest BCUT2D eigenvalue weighted by Gasteiger charge is 2.08. The monoisotopic (exact) mass is 294 g/mol. The van der Waals surface area contributed by atoms with Crippen LogP contribution in [0.5, 0.6) is 0 Å². The fourth-order valence-corrected chi connectivity index (χ4v) is 2.12. The molecule has 0 unspecified atom stereocenters. The average molecular weight is 294 g/mol. The molecule has 8 heteroatoms. The van der Waals surface area contributed by atoms with Crippen LogP contribution in [0.1, 0.15) is 6.42 Å². The Bertz CT molecular complexity index is 678. The van der Waals surface area contributed by atoms with Crippen LogP contribution < -0.4 is 10.5 Å². The molecule has 20 heavy (non-hydrogen) atoms. The van der Waals surface area contributed by atoms with Crippen LogP contribution in [0.2, 0.25) is 0 Å². The lowest BCUT2D eigenvalue weighted by Gasteiger charge is -2.06. The van der Waals surface area contributed by atoms with Gasteiger partial charge in [0.1, 0.15) is 0 Å². The second-order valence-corrected chi connectivity index (χ2v) is 5.70. The number of benzene rings is 1. The van der Waals surface area contributed by atoms with Gasteiger partial charge >= 0.3 is 0 Å². The van der Waals surface area contributed by atoms with E-state index in [4.69, 9.17) is 5.14 Å². The van der Waals surface area contributed by atoms with Crippen molar-refractivity contribution in [2.45, 2.75) is 17.9 Å². The van der Waals surface area contributed by atoms with Crippen LogP contribution in [0.3, 0.4) is 0 Å². The molecule has 1 heterocycles. The number of carbonyl (C=O) groups is 1. The Morgan fingerprint density at radius 2 is 2.00 bits per heavy atom. The molecule has 1 aromatic heterocycles. The fraction of sp³-hybridized carbons (Fsp3) is 0.167. The van der Waals surface area contributed by atoms with Crippen LogP contribution in [0.4, 0.5) is 5.69 Å². The zero-order valence-electron chi connectivity index (χ0n) is 10.6. The maximum atomic E-state index is 11.7. The smallest absolute Gasteiger partial charge is 0.238 e. The Balaban J connectivity index is 1.91. The number of hydrogen-bond acceptors (Lipinski definition) is 4. The number of rotatable bonds is 5. The molecule has 106 valence electrons. The topological polar surface area (TPSA) is 107 Å². The molecule has 0 saturated carbocycles. The van der Waals surface area contributed by atoms with E-state index < -0.39 is 10.0 Å². The van der Waals surface area contributed by atoms with Crippen LogP contribution in [0.25, 0.3) is 0 Å². The van der Waals surface area contributed by atoms with E-state index in [1.165, 1.54) is 24.3 Å². The van der Waals surface area contributed by atoms with Gasteiger partial charge in [-0.25, -0.2) is 13.6 Å². The van der Waals surface area contributed by atoms with Crippen molar-refractivity contribution in [3.05, 3.63) is 42.7 Å². The third-order valence-corrected chi connectivity index (χ3v) is 3.52. The summed E-state index contributed by atoms with van der Waals surface area (Å²) < 4.78 is 23.8. The summed E-state index contributed by atoms with van der Waals surface area (Å²) in [6.45, 7) is 0.480. The summed E-state index contributed by atoms with van der Waals surface area (Å²) in [6, 6.07) is 7.46. The number of nitrogens with two attached hydrogens (primary N) is 1. The third-order valence-electron chi connectivity index (χ3n) is 2.59. The van der Waals surface area contributed by atoms with Gasteiger partial charge in [0, 0.05) is 31.0 Å². The largest absolute Gasteiger partial charge is 0.326 e. The van der Waals surface area contributed by atoms with E-state index in [1.54, 1.807) is 23.1 Å². The van der Waals surface area contributed by atoms with Gasteiger partial charge in [0.15, 0.2) is 0 Å². The lowest BCUT2D eigenvalue weighted by molar-refractivity contribution is -0.116. The first-order valence-corrected chi connectivity index (χ1v) is 7.40. The Hall–Kier alpha value is -2.19. The van der Waals surface area contributed by atoms with Gasteiger partial charge < -0.3 is 5.32 Å². The number of nitrogens with zero attached hydrogens (tertiary/aromatic N) is 2. The molecule has 0 aliphatic carbocycles. The Morgan fingerprint density at radius 3 is 2.55 bits per heavy atom. The van der Waals surface area contributed by atoms with Crippen LogP contribution in [-0.2, 0) is 21.4 Å². The molecule has 1 amide bonds. The summed E-state index contributed by atoms with van der Waals surface area (Å²) >= 11 is 0. The van der Waals surface area contributed by atoms with Crippen molar-refractivity contribution >= 4 is 21.6 Å². The number of hydrogen-bond donors (Lipinski definition) is 2. The van der Waals surface area contributed by atoms with Crippen LogP contribution in [0, 0.1) is 0 Å². The van der Waals surface area contributed by atoms with Gasteiger partial charge in [-0.3, -0.25) is 9.48 Å². The number of sulfonamides is 1. The number of aromatic nitrogens is 2. The molecule has 0 bridgehead atoms. The molecule has 0 radical (unpaired) electrons. The second-order valence-electron chi connectivity index (χ2n) is 4.14. The third kappa shape index (κ3) is 3.90. The van der Waals surface area contributed by atoms with Gasteiger partial charge in [0.25, 0.3) is 0 Å². The van der Waals surface area contributed by atoms with Crippen molar-refractivity contribution in [1.82, 2.24) is 9.78 Å². The minimum absolute atomic E-state index is 0.00652. The lowest BCUT2D eigenvalue weighted by Crippen LogP contribution is -2.15. The van der Waals surface area contributed by atoms with E-state index in [1.807, 2.05) is 0 Å². The molecule has 7 nitrogen and oxygen atoms in total. The minimum Gasteiger partial charge on any atom is -0.326 e. The van der Waals surface area contributed by atoms with Gasteiger partial charge in [0.05, 0.1) is 4.90 Å². The summed E-state index contributed by atoms with van der Waals surface area (Å²) in [5.41, 5.74) is 0.517. The molecule has 0 fully saturated rings. The minimum atomic E-state index is -3.71. The summed E-state index contributed by atoms with van der Waals surface area (Å²) in [6.07, 6.45) is 3.69. The number of primary sulfonamides is 1. The van der Waals surface area contributed by atoms with E-state index >= 15 is 0 Å². The predicted octanol–water partition coefficient (Wildman–Crippen LogP) is 0.559. The van der Waals surface area contributed by atoms with Crippen LogP contribution >= 0.6 is 0 Å².